The van der Waals surface area contributed by atoms with E-state index in [0.717, 1.165) is 16.1 Å². The molecule has 0 saturated heterocycles. The summed E-state index contributed by atoms with van der Waals surface area (Å²) in [5, 5.41) is 8.06. The molecular formula is C21H15Cl2N5O2S. The largest absolute Gasteiger partial charge is 0.368 e. The standard InChI is InChI=1S/C21H15Cl2N5O2S/c22-14-4-3-13(8-15(14)23)28-17(9-16(27-28)12-2-1-7-25-10-12)18-5-6-19(31-18)21(30)26-11-20(24)29/h1-10H,11H2,(H2,24,29)(H,26,30). The average Bonchev–Trinajstić information content (AvgIpc) is 3.42. The summed E-state index contributed by atoms with van der Waals surface area (Å²) in [6.07, 6.45) is 3.42. The number of nitrogens with two attached hydrogens (primary N) is 1. The number of carbonyl (C=O) groups is 2. The molecule has 0 saturated carbocycles. The van der Waals surface area contributed by atoms with Crippen molar-refractivity contribution in [2.75, 3.05) is 6.54 Å². The molecule has 0 aliphatic carbocycles. The molecule has 2 amide bonds. The molecule has 3 aromatic heterocycles. The summed E-state index contributed by atoms with van der Waals surface area (Å²) in [5.74, 6) is -0.980. The van der Waals surface area contributed by atoms with Gasteiger partial charge in [-0.25, -0.2) is 4.68 Å². The first kappa shape index (κ1) is 21.0. The lowest BCUT2D eigenvalue weighted by Gasteiger charge is -2.07. The number of pyridine rings is 1. The van der Waals surface area contributed by atoms with Crippen LogP contribution in [-0.4, -0.2) is 33.1 Å². The first-order valence-corrected chi connectivity index (χ1v) is 10.6. The topological polar surface area (TPSA) is 103 Å². The molecule has 0 fully saturated rings. The predicted octanol–water partition coefficient (Wildman–Crippen LogP) is 4.18. The highest BCUT2D eigenvalue weighted by Crippen LogP contribution is 2.34. The highest BCUT2D eigenvalue weighted by Gasteiger charge is 2.18. The number of thiophene rings is 1. The number of hydrogen-bond donors (Lipinski definition) is 2. The predicted molar refractivity (Wildman–Crippen MR) is 122 cm³/mol. The van der Waals surface area contributed by atoms with Gasteiger partial charge in [0.25, 0.3) is 5.91 Å². The zero-order valence-electron chi connectivity index (χ0n) is 15.9. The Morgan fingerprint density at radius 1 is 1.10 bits per heavy atom. The van der Waals surface area contributed by atoms with Gasteiger partial charge in [-0.05, 0) is 48.5 Å². The van der Waals surface area contributed by atoms with Crippen molar-refractivity contribution in [2.24, 2.45) is 5.73 Å². The molecule has 0 unspecified atom stereocenters. The second-order valence-electron chi connectivity index (χ2n) is 6.48. The van der Waals surface area contributed by atoms with E-state index in [1.54, 1.807) is 35.3 Å². The molecule has 0 bridgehead atoms. The van der Waals surface area contributed by atoms with Crippen LogP contribution in [0.1, 0.15) is 9.67 Å². The van der Waals surface area contributed by atoms with Crippen molar-refractivity contribution in [3.8, 4) is 27.5 Å². The first-order chi connectivity index (χ1) is 14.9. The smallest absolute Gasteiger partial charge is 0.261 e. The van der Waals surface area contributed by atoms with Gasteiger partial charge in [0.2, 0.25) is 5.91 Å². The number of carbonyl (C=O) groups excluding carboxylic acids is 2. The van der Waals surface area contributed by atoms with Crippen molar-refractivity contribution in [3.05, 3.63) is 75.8 Å². The number of primary amides is 1. The molecule has 0 atom stereocenters. The maximum atomic E-state index is 12.3. The molecule has 0 aliphatic heterocycles. The maximum Gasteiger partial charge on any atom is 0.261 e. The van der Waals surface area contributed by atoms with E-state index >= 15 is 0 Å². The lowest BCUT2D eigenvalue weighted by atomic mass is 10.2. The number of hydrogen-bond acceptors (Lipinski definition) is 5. The number of nitrogens with zero attached hydrogens (tertiary/aromatic N) is 3. The van der Waals surface area contributed by atoms with E-state index in [4.69, 9.17) is 34.0 Å². The van der Waals surface area contributed by atoms with Crippen LogP contribution in [0.25, 0.3) is 27.5 Å². The first-order valence-electron chi connectivity index (χ1n) is 9.05. The number of nitrogens with one attached hydrogen (secondary N) is 1. The summed E-state index contributed by atoms with van der Waals surface area (Å²) in [7, 11) is 0. The molecule has 0 radical (unpaired) electrons. The van der Waals surface area contributed by atoms with Crippen LogP contribution in [0.4, 0.5) is 0 Å². The minimum absolute atomic E-state index is 0.224. The second kappa shape index (κ2) is 8.89. The van der Waals surface area contributed by atoms with Crippen LogP contribution < -0.4 is 11.1 Å². The monoisotopic (exact) mass is 471 g/mol. The molecule has 10 heteroatoms. The van der Waals surface area contributed by atoms with Crippen molar-refractivity contribution in [1.29, 1.82) is 0 Å². The van der Waals surface area contributed by atoms with E-state index in [2.05, 4.69) is 10.3 Å². The van der Waals surface area contributed by atoms with Crippen LogP contribution in [0.5, 0.6) is 0 Å². The van der Waals surface area contributed by atoms with Gasteiger partial charge in [-0.1, -0.05) is 23.2 Å². The number of halogens is 2. The molecule has 0 spiro atoms. The Kier molecular flexibility index (Phi) is 6.03. The Morgan fingerprint density at radius 3 is 2.65 bits per heavy atom. The van der Waals surface area contributed by atoms with Crippen molar-refractivity contribution >= 4 is 46.4 Å². The molecule has 4 aromatic rings. The van der Waals surface area contributed by atoms with E-state index in [1.165, 1.54) is 11.3 Å². The van der Waals surface area contributed by atoms with Gasteiger partial charge in [0.15, 0.2) is 0 Å². The normalized spacial score (nSPS) is 10.8. The van der Waals surface area contributed by atoms with Crippen molar-refractivity contribution in [3.63, 3.8) is 0 Å². The summed E-state index contributed by atoms with van der Waals surface area (Å²) in [4.78, 5) is 28.6. The summed E-state index contributed by atoms with van der Waals surface area (Å²) in [6.45, 7) is -0.224. The molecule has 3 N–H and O–H groups in total. The van der Waals surface area contributed by atoms with Crippen LogP contribution in [-0.2, 0) is 4.79 Å². The van der Waals surface area contributed by atoms with E-state index in [-0.39, 0.29) is 12.5 Å². The Bertz CT molecular complexity index is 1270. The van der Waals surface area contributed by atoms with E-state index in [0.29, 0.717) is 26.3 Å². The zero-order chi connectivity index (χ0) is 22.0. The third-order valence-electron chi connectivity index (χ3n) is 4.32. The van der Waals surface area contributed by atoms with Gasteiger partial charge in [0.1, 0.15) is 0 Å². The SMILES string of the molecule is NC(=O)CNC(=O)c1ccc(-c2cc(-c3cccnc3)nn2-c2ccc(Cl)c(Cl)c2)s1. The van der Waals surface area contributed by atoms with Crippen molar-refractivity contribution in [2.45, 2.75) is 0 Å². The van der Waals surface area contributed by atoms with Crippen LogP contribution in [0.2, 0.25) is 10.0 Å². The molecule has 1 aromatic carbocycles. The van der Waals surface area contributed by atoms with Gasteiger partial charge in [0, 0.05) is 18.0 Å². The minimum Gasteiger partial charge on any atom is -0.368 e. The van der Waals surface area contributed by atoms with Gasteiger partial charge in [-0.15, -0.1) is 11.3 Å². The molecule has 31 heavy (non-hydrogen) atoms. The Morgan fingerprint density at radius 2 is 1.94 bits per heavy atom. The zero-order valence-corrected chi connectivity index (χ0v) is 18.2. The van der Waals surface area contributed by atoms with Gasteiger partial charge in [-0.3, -0.25) is 14.6 Å². The minimum atomic E-state index is -0.607. The molecule has 3 heterocycles. The third kappa shape index (κ3) is 4.61. The summed E-state index contributed by atoms with van der Waals surface area (Å²) in [6, 6.07) is 14.4. The highest BCUT2D eigenvalue weighted by atomic mass is 35.5. The van der Waals surface area contributed by atoms with Crippen molar-refractivity contribution < 1.29 is 9.59 Å². The van der Waals surface area contributed by atoms with Gasteiger partial charge in [0.05, 0.1) is 43.4 Å². The Labute approximate surface area is 191 Å². The van der Waals surface area contributed by atoms with E-state index in [9.17, 15) is 9.59 Å². The Hall–Kier alpha value is -3.20. The van der Waals surface area contributed by atoms with Crippen molar-refractivity contribution in [1.82, 2.24) is 20.1 Å². The fraction of sp³-hybridized carbons (Fsp3) is 0.0476. The Balaban J connectivity index is 1.77. The van der Waals surface area contributed by atoms with Crippen LogP contribution in [0, 0.1) is 0 Å². The molecule has 7 nitrogen and oxygen atoms in total. The number of amides is 2. The molecular weight excluding hydrogens is 457 g/mol. The maximum absolute atomic E-state index is 12.3. The third-order valence-corrected chi connectivity index (χ3v) is 6.17. The van der Waals surface area contributed by atoms with Crippen LogP contribution in [0.15, 0.2) is 60.9 Å². The summed E-state index contributed by atoms with van der Waals surface area (Å²) in [5.41, 5.74) is 8.13. The van der Waals surface area contributed by atoms with Crippen LogP contribution in [0.3, 0.4) is 0 Å². The molecule has 0 aliphatic rings. The summed E-state index contributed by atoms with van der Waals surface area (Å²) < 4.78 is 1.74. The second-order valence-corrected chi connectivity index (χ2v) is 8.38. The fourth-order valence-electron chi connectivity index (χ4n) is 2.88. The quantitative estimate of drug-likeness (QED) is 0.439. The fourth-order valence-corrected chi connectivity index (χ4v) is 4.09. The van der Waals surface area contributed by atoms with E-state index < -0.39 is 5.91 Å². The number of benzene rings is 1. The lowest BCUT2D eigenvalue weighted by Crippen LogP contribution is -2.32. The van der Waals surface area contributed by atoms with Gasteiger partial charge >= 0.3 is 0 Å². The highest BCUT2D eigenvalue weighted by molar-refractivity contribution is 7.17. The summed E-state index contributed by atoms with van der Waals surface area (Å²) >= 11 is 13.6. The van der Waals surface area contributed by atoms with Gasteiger partial charge in [-0.2, -0.15) is 5.10 Å². The van der Waals surface area contributed by atoms with Gasteiger partial charge < -0.3 is 11.1 Å². The molecule has 156 valence electrons. The number of aromatic nitrogens is 3. The number of rotatable bonds is 6. The van der Waals surface area contributed by atoms with Crippen LogP contribution >= 0.6 is 34.5 Å². The van der Waals surface area contributed by atoms with E-state index in [1.807, 2.05) is 30.3 Å². The lowest BCUT2D eigenvalue weighted by molar-refractivity contribution is -0.117. The molecule has 4 rings (SSSR count). The average molecular weight is 472 g/mol.